The Kier molecular flexibility index (Phi) is 5.57. The maximum atomic E-state index is 11.8. The number of fused-ring (bicyclic) bond motifs is 1. The Labute approximate surface area is 157 Å². The van der Waals surface area contributed by atoms with Gasteiger partial charge in [0.1, 0.15) is 6.10 Å². The molecular weight excluding hydrogens is 348 g/mol. The van der Waals surface area contributed by atoms with Gasteiger partial charge >= 0.3 is 5.97 Å². The van der Waals surface area contributed by atoms with Crippen LogP contribution >= 0.6 is 0 Å². The van der Waals surface area contributed by atoms with Crippen LogP contribution in [0.5, 0.6) is 0 Å². The minimum atomic E-state index is -0.931. The van der Waals surface area contributed by atoms with E-state index in [0.29, 0.717) is 25.3 Å². The second-order valence-corrected chi connectivity index (χ2v) is 7.01. The molecule has 1 aliphatic rings. The molecule has 0 fully saturated rings. The van der Waals surface area contributed by atoms with Gasteiger partial charge in [-0.1, -0.05) is 12.1 Å². The lowest BCUT2D eigenvalue weighted by atomic mass is 10.1. The number of amides is 1. The number of carboxylic acids is 1. The molecular formula is C19H24N4O4. The SMILES string of the molecule is CN(C)C(=O)CC(O)c1cc2n(n1)CCN(Cc1cccc(C(=O)O)c1)C2. The van der Waals surface area contributed by atoms with Gasteiger partial charge in [0.05, 0.1) is 29.9 Å². The van der Waals surface area contributed by atoms with Crippen molar-refractivity contribution in [3.63, 3.8) is 0 Å². The van der Waals surface area contributed by atoms with Crippen molar-refractivity contribution in [2.24, 2.45) is 0 Å². The van der Waals surface area contributed by atoms with Crippen molar-refractivity contribution in [3.8, 4) is 0 Å². The van der Waals surface area contributed by atoms with Crippen molar-refractivity contribution in [1.82, 2.24) is 19.6 Å². The molecule has 1 aromatic heterocycles. The fourth-order valence-electron chi connectivity index (χ4n) is 3.15. The fraction of sp³-hybridized carbons (Fsp3) is 0.421. The van der Waals surface area contributed by atoms with Gasteiger partial charge in [0.2, 0.25) is 5.91 Å². The third-order valence-electron chi connectivity index (χ3n) is 4.68. The summed E-state index contributed by atoms with van der Waals surface area (Å²) in [7, 11) is 3.31. The molecule has 1 unspecified atom stereocenters. The summed E-state index contributed by atoms with van der Waals surface area (Å²) in [5.74, 6) is -1.08. The number of aromatic carboxylic acids is 1. The zero-order valence-electron chi connectivity index (χ0n) is 15.5. The lowest BCUT2D eigenvalue weighted by molar-refractivity contribution is -0.130. The van der Waals surface area contributed by atoms with Crippen LogP contribution in [0.25, 0.3) is 0 Å². The smallest absolute Gasteiger partial charge is 0.335 e. The Morgan fingerprint density at radius 1 is 1.26 bits per heavy atom. The summed E-state index contributed by atoms with van der Waals surface area (Å²) in [6.45, 7) is 2.75. The summed E-state index contributed by atoms with van der Waals surface area (Å²) in [6, 6.07) is 8.78. The first-order valence-electron chi connectivity index (χ1n) is 8.83. The number of aliphatic hydroxyl groups is 1. The average Bonchev–Trinajstić information content (AvgIpc) is 3.05. The van der Waals surface area contributed by atoms with Gasteiger partial charge in [-0.15, -0.1) is 0 Å². The maximum absolute atomic E-state index is 11.8. The molecule has 8 heteroatoms. The molecule has 27 heavy (non-hydrogen) atoms. The molecule has 2 N–H and O–H groups in total. The van der Waals surface area contributed by atoms with E-state index in [-0.39, 0.29) is 17.9 Å². The predicted octanol–water partition coefficient (Wildman–Crippen LogP) is 1.11. The Morgan fingerprint density at radius 3 is 2.74 bits per heavy atom. The summed E-state index contributed by atoms with van der Waals surface area (Å²) in [5, 5.41) is 23.8. The van der Waals surface area contributed by atoms with Crippen molar-refractivity contribution in [1.29, 1.82) is 0 Å². The number of benzene rings is 1. The standard InChI is InChI=1S/C19H24N4O4/c1-21(2)18(25)10-17(24)16-9-15-12-22(6-7-23(15)20-16)11-13-4-3-5-14(8-13)19(26)27/h3-5,8-9,17,24H,6-7,10-12H2,1-2H3,(H,26,27). The molecule has 144 valence electrons. The van der Waals surface area contributed by atoms with Crippen molar-refractivity contribution in [2.45, 2.75) is 32.2 Å². The van der Waals surface area contributed by atoms with Gasteiger partial charge in [-0.3, -0.25) is 14.4 Å². The Hall–Kier alpha value is -2.71. The number of rotatable bonds is 6. The first kappa shape index (κ1) is 19.1. The van der Waals surface area contributed by atoms with Crippen LogP contribution in [0.3, 0.4) is 0 Å². The van der Waals surface area contributed by atoms with E-state index in [0.717, 1.165) is 17.8 Å². The molecule has 0 bridgehead atoms. The molecule has 0 saturated carbocycles. The van der Waals surface area contributed by atoms with E-state index in [1.54, 1.807) is 32.3 Å². The Morgan fingerprint density at radius 2 is 2.04 bits per heavy atom. The molecule has 2 aromatic rings. The molecule has 8 nitrogen and oxygen atoms in total. The second-order valence-electron chi connectivity index (χ2n) is 7.01. The van der Waals surface area contributed by atoms with Gasteiger partial charge in [-0.25, -0.2) is 4.79 Å². The van der Waals surface area contributed by atoms with Crippen LogP contribution in [0.2, 0.25) is 0 Å². The number of aliphatic hydroxyl groups excluding tert-OH is 1. The first-order valence-corrected chi connectivity index (χ1v) is 8.83. The summed E-state index contributed by atoms with van der Waals surface area (Å²) in [6.07, 6.45) is -0.909. The molecule has 0 radical (unpaired) electrons. The zero-order valence-corrected chi connectivity index (χ0v) is 15.5. The molecule has 0 spiro atoms. The number of carboxylic acid groups (broad SMARTS) is 1. The van der Waals surface area contributed by atoms with Gasteiger partial charge < -0.3 is 15.1 Å². The average molecular weight is 372 g/mol. The Balaban J connectivity index is 1.66. The van der Waals surface area contributed by atoms with E-state index in [2.05, 4.69) is 10.00 Å². The van der Waals surface area contributed by atoms with Crippen LogP contribution in [-0.2, 0) is 24.4 Å². The van der Waals surface area contributed by atoms with E-state index in [9.17, 15) is 14.7 Å². The van der Waals surface area contributed by atoms with Crippen molar-refractivity contribution in [2.75, 3.05) is 20.6 Å². The van der Waals surface area contributed by atoms with Gasteiger partial charge in [-0.05, 0) is 23.8 Å². The topological polar surface area (TPSA) is 98.9 Å². The van der Waals surface area contributed by atoms with Crippen LogP contribution in [-0.4, -0.2) is 62.3 Å². The van der Waals surface area contributed by atoms with Crippen LogP contribution in [0.1, 0.15) is 39.8 Å². The largest absolute Gasteiger partial charge is 0.478 e. The Bertz CT molecular complexity index is 846. The monoisotopic (exact) mass is 372 g/mol. The van der Waals surface area contributed by atoms with Gasteiger partial charge in [0.15, 0.2) is 0 Å². The third kappa shape index (κ3) is 4.53. The normalized spacial score (nSPS) is 15.2. The second kappa shape index (κ2) is 7.89. The molecule has 3 rings (SSSR count). The summed E-state index contributed by atoms with van der Waals surface area (Å²) < 4.78 is 1.86. The number of nitrogens with zero attached hydrogens (tertiary/aromatic N) is 4. The highest BCUT2D eigenvalue weighted by molar-refractivity contribution is 5.87. The number of hydrogen-bond acceptors (Lipinski definition) is 5. The number of carbonyl (C=O) groups is 2. The number of aromatic nitrogens is 2. The molecule has 1 amide bonds. The van der Waals surface area contributed by atoms with Crippen molar-refractivity contribution in [3.05, 3.63) is 52.8 Å². The molecule has 0 aliphatic carbocycles. The predicted molar refractivity (Wildman–Crippen MR) is 98.0 cm³/mol. The molecule has 1 atom stereocenters. The molecule has 2 heterocycles. The summed E-state index contributed by atoms with van der Waals surface area (Å²) in [5.41, 5.74) is 2.71. The van der Waals surface area contributed by atoms with Crippen molar-refractivity contribution < 1.29 is 19.8 Å². The van der Waals surface area contributed by atoms with E-state index in [4.69, 9.17) is 5.11 Å². The van der Waals surface area contributed by atoms with E-state index in [1.165, 1.54) is 4.90 Å². The lowest BCUT2D eigenvalue weighted by Gasteiger charge is -2.27. The highest BCUT2D eigenvalue weighted by Crippen LogP contribution is 2.22. The van der Waals surface area contributed by atoms with Gasteiger partial charge in [0, 0.05) is 33.7 Å². The minimum Gasteiger partial charge on any atom is -0.478 e. The summed E-state index contributed by atoms with van der Waals surface area (Å²) in [4.78, 5) is 26.6. The summed E-state index contributed by atoms with van der Waals surface area (Å²) >= 11 is 0. The number of carbonyl (C=O) groups excluding carboxylic acids is 1. The van der Waals surface area contributed by atoms with Crippen molar-refractivity contribution >= 4 is 11.9 Å². The number of hydrogen-bond donors (Lipinski definition) is 2. The highest BCUT2D eigenvalue weighted by atomic mass is 16.4. The first-order chi connectivity index (χ1) is 12.8. The lowest BCUT2D eigenvalue weighted by Crippen LogP contribution is -2.33. The van der Waals surface area contributed by atoms with Gasteiger partial charge in [-0.2, -0.15) is 5.10 Å². The maximum Gasteiger partial charge on any atom is 0.335 e. The highest BCUT2D eigenvalue weighted by Gasteiger charge is 2.23. The van der Waals surface area contributed by atoms with Crippen LogP contribution in [0.15, 0.2) is 30.3 Å². The van der Waals surface area contributed by atoms with E-state index >= 15 is 0 Å². The van der Waals surface area contributed by atoms with Crippen LogP contribution in [0, 0.1) is 0 Å². The van der Waals surface area contributed by atoms with Crippen LogP contribution < -0.4 is 0 Å². The van der Waals surface area contributed by atoms with E-state index in [1.807, 2.05) is 16.8 Å². The minimum absolute atomic E-state index is 0.00908. The molecule has 1 aliphatic heterocycles. The van der Waals surface area contributed by atoms with Crippen LogP contribution in [0.4, 0.5) is 0 Å². The van der Waals surface area contributed by atoms with E-state index < -0.39 is 12.1 Å². The fourth-order valence-corrected chi connectivity index (χ4v) is 3.15. The molecule has 1 aromatic carbocycles. The quantitative estimate of drug-likeness (QED) is 0.788. The zero-order chi connectivity index (χ0) is 19.6. The molecule has 0 saturated heterocycles. The third-order valence-corrected chi connectivity index (χ3v) is 4.68. The van der Waals surface area contributed by atoms with Gasteiger partial charge in [0.25, 0.3) is 0 Å².